The van der Waals surface area contributed by atoms with E-state index in [4.69, 9.17) is 0 Å². The Labute approximate surface area is 86.1 Å². The molecule has 0 spiro atoms. The van der Waals surface area contributed by atoms with Gasteiger partial charge in [-0.05, 0) is 18.1 Å². The summed E-state index contributed by atoms with van der Waals surface area (Å²) in [5.74, 6) is 0. The van der Waals surface area contributed by atoms with E-state index in [0.717, 1.165) is 10.9 Å². The van der Waals surface area contributed by atoms with E-state index in [1.165, 1.54) is 5.56 Å². The summed E-state index contributed by atoms with van der Waals surface area (Å²) >= 11 is 3.50. The lowest BCUT2D eigenvalue weighted by Gasteiger charge is -2.11. The van der Waals surface area contributed by atoms with Crippen LogP contribution in [0.15, 0.2) is 28.7 Å². The summed E-state index contributed by atoms with van der Waals surface area (Å²) in [6.45, 7) is 0.700. The zero-order chi connectivity index (χ0) is 9.26. The second kappa shape index (κ2) is 3.78. The van der Waals surface area contributed by atoms with Crippen LogP contribution in [0.2, 0.25) is 0 Å². The van der Waals surface area contributed by atoms with E-state index in [1.807, 2.05) is 18.2 Å². The number of aliphatic hydroxyl groups excluding tert-OH is 1. The Kier molecular flexibility index (Phi) is 2.67. The molecule has 1 aromatic rings. The van der Waals surface area contributed by atoms with Crippen LogP contribution in [0.3, 0.4) is 0 Å². The molecule has 3 heteroatoms. The second-order valence-electron chi connectivity index (χ2n) is 3.37. The smallest absolute Gasteiger partial charge is 0.0682 e. The monoisotopic (exact) mass is 241 g/mol. The lowest BCUT2D eigenvalue weighted by Crippen LogP contribution is -2.15. The Balaban J connectivity index is 2.21. The SMILES string of the molecule is OC1CNC(c2ccccc2Br)C1. The minimum absolute atomic E-state index is 0.197. The Morgan fingerprint density at radius 1 is 1.38 bits per heavy atom. The molecule has 2 atom stereocenters. The highest BCUT2D eigenvalue weighted by molar-refractivity contribution is 9.10. The molecule has 13 heavy (non-hydrogen) atoms. The number of hydrogen-bond donors (Lipinski definition) is 2. The zero-order valence-electron chi connectivity index (χ0n) is 7.20. The first-order valence-corrected chi connectivity index (χ1v) is 5.22. The summed E-state index contributed by atoms with van der Waals surface area (Å²) in [5, 5.41) is 12.7. The molecule has 0 bridgehead atoms. The van der Waals surface area contributed by atoms with Crippen molar-refractivity contribution in [1.29, 1.82) is 0 Å². The second-order valence-corrected chi connectivity index (χ2v) is 4.23. The summed E-state index contributed by atoms with van der Waals surface area (Å²) in [6, 6.07) is 8.43. The summed E-state index contributed by atoms with van der Waals surface area (Å²) in [4.78, 5) is 0. The number of aliphatic hydroxyl groups is 1. The number of rotatable bonds is 1. The molecule has 2 unspecified atom stereocenters. The normalized spacial score (nSPS) is 27.8. The number of hydrogen-bond acceptors (Lipinski definition) is 2. The maximum absolute atomic E-state index is 9.37. The van der Waals surface area contributed by atoms with Gasteiger partial charge >= 0.3 is 0 Å². The van der Waals surface area contributed by atoms with Crippen LogP contribution < -0.4 is 5.32 Å². The maximum Gasteiger partial charge on any atom is 0.0682 e. The molecule has 0 amide bonds. The van der Waals surface area contributed by atoms with Crippen LogP contribution in [0.25, 0.3) is 0 Å². The van der Waals surface area contributed by atoms with Gasteiger partial charge in [0.25, 0.3) is 0 Å². The molecule has 0 saturated carbocycles. The van der Waals surface area contributed by atoms with E-state index in [9.17, 15) is 5.11 Å². The third-order valence-corrected chi connectivity index (χ3v) is 3.11. The lowest BCUT2D eigenvalue weighted by atomic mass is 10.1. The third kappa shape index (κ3) is 1.93. The van der Waals surface area contributed by atoms with Crippen molar-refractivity contribution in [3.05, 3.63) is 34.3 Å². The van der Waals surface area contributed by atoms with E-state index < -0.39 is 0 Å². The molecule has 0 aromatic heterocycles. The average molecular weight is 242 g/mol. The molecule has 2 nitrogen and oxygen atoms in total. The van der Waals surface area contributed by atoms with Crippen LogP contribution >= 0.6 is 15.9 Å². The maximum atomic E-state index is 9.37. The molecule has 1 aliphatic rings. The van der Waals surface area contributed by atoms with Crippen molar-refractivity contribution in [2.45, 2.75) is 18.6 Å². The Bertz CT molecular complexity index is 303. The topological polar surface area (TPSA) is 32.3 Å². The van der Waals surface area contributed by atoms with E-state index >= 15 is 0 Å². The Morgan fingerprint density at radius 2 is 2.15 bits per heavy atom. The van der Waals surface area contributed by atoms with Crippen LogP contribution in [0.4, 0.5) is 0 Å². The molecule has 0 aliphatic carbocycles. The molecule has 70 valence electrons. The fraction of sp³-hybridized carbons (Fsp3) is 0.400. The lowest BCUT2D eigenvalue weighted by molar-refractivity contribution is 0.193. The van der Waals surface area contributed by atoms with Gasteiger partial charge in [-0.1, -0.05) is 34.1 Å². The van der Waals surface area contributed by atoms with Crippen LogP contribution in [0, 0.1) is 0 Å². The predicted octanol–water partition coefficient (Wildman–Crippen LogP) is 1.84. The summed E-state index contributed by atoms with van der Waals surface area (Å²) < 4.78 is 1.11. The molecule has 0 radical (unpaired) electrons. The van der Waals surface area contributed by atoms with Crippen molar-refractivity contribution in [3.63, 3.8) is 0 Å². The van der Waals surface area contributed by atoms with Gasteiger partial charge in [-0.25, -0.2) is 0 Å². The van der Waals surface area contributed by atoms with Gasteiger partial charge in [0.2, 0.25) is 0 Å². The van der Waals surface area contributed by atoms with Crippen molar-refractivity contribution in [1.82, 2.24) is 5.32 Å². The molecule has 2 N–H and O–H groups in total. The highest BCUT2D eigenvalue weighted by Crippen LogP contribution is 2.28. The molecule has 1 aliphatic heterocycles. The van der Waals surface area contributed by atoms with Crippen molar-refractivity contribution in [2.75, 3.05) is 6.54 Å². The van der Waals surface area contributed by atoms with Crippen LogP contribution in [0.5, 0.6) is 0 Å². The quantitative estimate of drug-likeness (QED) is 0.787. The van der Waals surface area contributed by atoms with Gasteiger partial charge in [-0.15, -0.1) is 0 Å². The molecule has 1 saturated heterocycles. The highest BCUT2D eigenvalue weighted by Gasteiger charge is 2.24. The van der Waals surface area contributed by atoms with Crippen LogP contribution in [-0.2, 0) is 0 Å². The number of β-amino-alcohol motifs (C(OH)–C–C–N with tert-alkyl or cyclic N) is 1. The first-order valence-electron chi connectivity index (χ1n) is 4.43. The number of nitrogens with one attached hydrogen (secondary N) is 1. The fourth-order valence-electron chi connectivity index (χ4n) is 1.71. The van der Waals surface area contributed by atoms with Crippen molar-refractivity contribution < 1.29 is 5.11 Å². The third-order valence-electron chi connectivity index (χ3n) is 2.39. The van der Waals surface area contributed by atoms with Gasteiger partial charge in [-0.3, -0.25) is 0 Å². The Hall–Kier alpha value is -0.380. The van der Waals surface area contributed by atoms with Gasteiger partial charge in [-0.2, -0.15) is 0 Å². The van der Waals surface area contributed by atoms with E-state index in [0.29, 0.717) is 12.6 Å². The van der Waals surface area contributed by atoms with Gasteiger partial charge in [0.15, 0.2) is 0 Å². The van der Waals surface area contributed by atoms with Crippen molar-refractivity contribution in [2.24, 2.45) is 0 Å². The zero-order valence-corrected chi connectivity index (χ0v) is 8.79. The molecular weight excluding hydrogens is 230 g/mol. The fourth-order valence-corrected chi connectivity index (χ4v) is 2.27. The Morgan fingerprint density at radius 3 is 2.77 bits per heavy atom. The largest absolute Gasteiger partial charge is 0.392 e. The first-order chi connectivity index (χ1) is 6.27. The van der Waals surface area contributed by atoms with Gasteiger partial charge < -0.3 is 10.4 Å². The summed E-state index contributed by atoms with van der Waals surface area (Å²) in [5.41, 5.74) is 1.24. The van der Waals surface area contributed by atoms with Crippen molar-refractivity contribution in [3.8, 4) is 0 Å². The first kappa shape index (κ1) is 9.19. The molecule has 1 aromatic carbocycles. The minimum Gasteiger partial charge on any atom is -0.392 e. The molecule has 2 rings (SSSR count). The molecular formula is C10H12BrNO. The van der Waals surface area contributed by atoms with Gasteiger partial charge in [0, 0.05) is 17.1 Å². The van der Waals surface area contributed by atoms with Crippen LogP contribution in [-0.4, -0.2) is 17.8 Å². The number of halogens is 1. The van der Waals surface area contributed by atoms with E-state index in [2.05, 4.69) is 27.3 Å². The summed E-state index contributed by atoms with van der Waals surface area (Å²) in [6.07, 6.45) is 0.611. The van der Waals surface area contributed by atoms with Gasteiger partial charge in [0.1, 0.15) is 0 Å². The van der Waals surface area contributed by atoms with Crippen LogP contribution in [0.1, 0.15) is 18.0 Å². The van der Waals surface area contributed by atoms with E-state index in [-0.39, 0.29) is 6.10 Å². The summed E-state index contributed by atoms with van der Waals surface area (Å²) in [7, 11) is 0. The number of benzene rings is 1. The highest BCUT2D eigenvalue weighted by atomic mass is 79.9. The average Bonchev–Trinajstić information content (AvgIpc) is 2.53. The standard InChI is InChI=1S/C10H12BrNO/c11-9-4-2-1-3-8(9)10-5-7(13)6-12-10/h1-4,7,10,12-13H,5-6H2. The molecule has 1 fully saturated rings. The van der Waals surface area contributed by atoms with Crippen molar-refractivity contribution >= 4 is 15.9 Å². The van der Waals surface area contributed by atoms with Gasteiger partial charge in [0.05, 0.1) is 6.10 Å². The minimum atomic E-state index is -0.197. The molecule has 1 heterocycles. The predicted molar refractivity (Wildman–Crippen MR) is 55.5 cm³/mol. The van der Waals surface area contributed by atoms with E-state index in [1.54, 1.807) is 0 Å².